The summed E-state index contributed by atoms with van der Waals surface area (Å²) < 4.78 is 109. The van der Waals surface area contributed by atoms with Gasteiger partial charge in [0.2, 0.25) is 0 Å². The fourth-order valence-corrected chi connectivity index (χ4v) is 7.57. The molecule has 0 unspecified atom stereocenters. The number of aromatic nitrogens is 2. The Kier molecular flexibility index (Phi) is 5.08. The molecule has 194 valence electrons. The van der Waals surface area contributed by atoms with Crippen molar-refractivity contribution in [3.63, 3.8) is 0 Å². The number of sulfonamides is 1. The minimum atomic E-state index is -5.77. The van der Waals surface area contributed by atoms with Gasteiger partial charge in [-0.15, -0.1) is 11.3 Å². The predicted molar refractivity (Wildman–Crippen MR) is 120 cm³/mol. The van der Waals surface area contributed by atoms with E-state index in [0.717, 1.165) is 31.4 Å². The van der Waals surface area contributed by atoms with Crippen LogP contribution in [0.4, 0.5) is 32.0 Å². The average molecular weight is 551 g/mol. The lowest BCUT2D eigenvalue weighted by atomic mass is 9.41. The molecular formula is C22H20F6N4O2S2. The molecule has 3 heterocycles. The van der Waals surface area contributed by atoms with Crippen LogP contribution in [0.3, 0.4) is 0 Å². The maximum absolute atomic E-state index is 13.6. The van der Waals surface area contributed by atoms with Gasteiger partial charge in [0.15, 0.2) is 4.96 Å². The molecule has 3 aromatic rings. The molecule has 14 heteroatoms. The van der Waals surface area contributed by atoms with Gasteiger partial charge in [-0.05, 0) is 54.4 Å². The first kappa shape index (κ1) is 24.0. The van der Waals surface area contributed by atoms with E-state index in [2.05, 4.69) is 4.98 Å². The molecule has 3 saturated carbocycles. The van der Waals surface area contributed by atoms with E-state index in [4.69, 9.17) is 0 Å². The zero-order valence-electron chi connectivity index (χ0n) is 18.6. The monoisotopic (exact) mass is 550 g/mol. The Bertz CT molecular complexity index is 1400. The molecule has 0 saturated heterocycles. The van der Waals surface area contributed by atoms with Crippen LogP contribution in [0.5, 0.6) is 0 Å². The summed E-state index contributed by atoms with van der Waals surface area (Å²) in [6.45, 7) is -1.14. The van der Waals surface area contributed by atoms with Crippen LogP contribution in [0.2, 0.25) is 0 Å². The van der Waals surface area contributed by atoms with Gasteiger partial charge >= 0.3 is 21.7 Å². The number of hydrogen-bond acceptors (Lipinski definition) is 5. The Morgan fingerprint density at radius 3 is 2.42 bits per heavy atom. The Labute approximate surface area is 206 Å². The number of nitrogens with zero attached hydrogens (tertiary/aromatic N) is 4. The maximum Gasteiger partial charge on any atom is 0.511 e. The largest absolute Gasteiger partial charge is 0.511 e. The molecule has 7 rings (SSSR count). The average Bonchev–Trinajstić information content (AvgIpc) is 3.24. The van der Waals surface area contributed by atoms with E-state index in [1.807, 2.05) is 5.38 Å². The molecule has 1 aliphatic heterocycles. The molecule has 3 aliphatic carbocycles. The highest BCUT2D eigenvalue weighted by molar-refractivity contribution is 7.89. The molecule has 0 spiro atoms. The molecule has 0 N–H and O–H groups in total. The van der Waals surface area contributed by atoms with Crippen molar-refractivity contribution in [2.75, 3.05) is 11.4 Å². The van der Waals surface area contributed by atoms with E-state index in [1.165, 1.54) is 17.4 Å². The summed E-state index contributed by atoms with van der Waals surface area (Å²) in [5.41, 5.74) is -6.22. The molecule has 1 atom stereocenters. The van der Waals surface area contributed by atoms with Gasteiger partial charge in [-0.25, -0.2) is 13.4 Å². The molecule has 36 heavy (non-hydrogen) atoms. The zero-order chi connectivity index (χ0) is 25.7. The normalized spacial score (nSPS) is 26.9. The Morgan fingerprint density at radius 2 is 1.83 bits per heavy atom. The smallest absolute Gasteiger partial charge is 0.360 e. The van der Waals surface area contributed by atoms with Gasteiger partial charge in [0.05, 0.1) is 17.8 Å². The van der Waals surface area contributed by atoms with E-state index >= 15 is 0 Å². The highest BCUT2D eigenvalue weighted by Gasteiger charge is 2.63. The van der Waals surface area contributed by atoms with Crippen LogP contribution in [0.15, 0.2) is 36.0 Å². The third-order valence-electron chi connectivity index (χ3n) is 7.72. The Balaban J connectivity index is 1.49. The van der Waals surface area contributed by atoms with E-state index in [9.17, 15) is 34.8 Å². The second-order valence-corrected chi connectivity index (χ2v) is 12.7. The fraction of sp³-hybridized carbons (Fsp3) is 0.500. The lowest BCUT2D eigenvalue weighted by molar-refractivity contribution is -0.137. The predicted octanol–water partition coefficient (Wildman–Crippen LogP) is 5.26. The number of benzene rings is 1. The zero-order valence-corrected chi connectivity index (χ0v) is 20.2. The van der Waals surface area contributed by atoms with Gasteiger partial charge in [0.25, 0.3) is 0 Å². The summed E-state index contributed by atoms with van der Waals surface area (Å²) in [6, 6.07) is 2.26. The van der Waals surface area contributed by atoms with Crippen LogP contribution in [0.25, 0.3) is 4.96 Å². The van der Waals surface area contributed by atoms with E-state index in [0.29, 0.717) is 26.6 Å². The van der Waals surface area contributed by atoms with Crippen LogP contribution < -0.4 is 4.90 Å². The number of thiazole rings is 1. The lowest BCUT2D eigenvalue weighted by Crippen LogP contribution is -2.66. The number of rotatable bonds is 4. The molecule has 2 bridgehead atoms. The molecule has 0 amide bonds. The van der Waals surface area contributed by atoms with Crippen molar-refractivity contribution >= 4 is 32.0 Å². The maximum atomic E-state index is 13.6. The van der Waals surface area contributed by atoms with Gasteiger partial charge in [0, 0.05) is 42.6 Å². The number of halogens is 6. The topological polar surface area (TPSA) is 57.9 Å². The quantitative estimate of drug-likeness (QED) is 0.417. The Hall–Kier alpha value is -2.32. The molecule has 1 aromatic carbocycles. The van der Waals surface area contributed by atoms with E-state index in [-0.39, 0.29) is 17.5 Å². The summed E-state index contributed by atoms with van der Waals surface area (Å²) in [5, 5.41) is 1.84. The first-order valence-corrected chi connectivity index (χ1v) is 13.5. The van der Waals surface area contributed by atoms with Crippen molar-refractivity contribution in [1.29, 1.82) is 0 Å². The van der Waals surface area contributed by atoms with Crippen molar-refractivity contribution in [1.82, 2.24) is 13.7 Å². The fourth-order valence-electron chi connectivity index (χ4n) is 5.91. The third-order valence-corrected chi connectivity index (χ3v) is 10.0. The standard InChI is InChI=1S/C22H20F6N4O2S2/c23-21(24,25)15-1-2-17-14(5-15)9-31(36(33,34)22(26,27)28)12-18(20-6-13(7-20)8-20)32(17)11-16-10-30-3-4-35-19(30)29-16/h1-5,10,13,18H,6-9,11-12H2/t13?,18-,20?/m1/s1. The summed E-state index contributed by atoms with van der Waals surface area (Å²) in [6.07, 6.45) is 1.09. The van der Waals surface area contributed by atoms with Crippen molar-refractivity contribution in [3.05, 3.63) is 52.8 Å². The van der Waals surface area contributed by atoms with Crippen molar-refractivity contribution < 1.29 is 34.8 Å². The Morgan fingerprint density at radius 1 is 1.11 bits per heavy atom. The van der Waals surface area contributed by atoms with Gasteiger partial charge in [-0.2, -0.15) is 30.6 Å². The van der Waals surface area contributed by atoms with Crippen LogP contribution in [-0.2, 0) is 29.3 Å². The van der Waals surface area contributed by atoms with Crippen LogP contribution in [-0.4, -0.2) is 40.2 Å². The highest BCUT2D eigenvalue weighted by Crippen LogP contribution is 2.67. The van der Waals surface area contributed by atoms with Gasteiger partial charge in [-0.1, -0.05) is 0 Å². The minimum Gasteiger partial charge on any atom is -0.360 e. The van der Waals surface area contributed by atoms with Crippen LogP contribution >= 0.6 is 11.3 Å². The van der Waals surface area contributed by atoms with Gasteiger partial charge < -0.3 is 4.90 Å². The number of hydrogen-bond donors (Lipinski definition) is 0. The third kappa shape index (κ3) is 3.63. The molecule has 6 nitrogen and oxygen atoms in total. The number of imidazole rings is 1. The lowest BCUT2D eigenvalue weighted by Gasteiger charge is -2.67. The summed E-state index contributed by atoms with van der Waals surface area (Å²) in [7, 11) is -5.77. The summed E-state index contributed by atoms with van der Waals surface area (Å²) in [5.74, 6) is 0.452. The van der Waals surface area contributed by atoms with Crippen molar-refractivity contribution in [3.8, 4) is 0 Å². The van der Waals surface area contributed by atoms with E-state index < -0.39 is 46.4 Å². The number of fused-ring (bicyclic) bond motifs is 2. The molecule has 4 aliphatic rings. The molecular weight excluding hydrogens is 530 g/mol. The van der Waals surface area contributed by atoms with Gasteiger partial charge in [-0.3, -0.25) is 4.40 Å². The molecule has 3 fully saturated rings. The van der Waals surface area contributed by atoms with Crippen LogP contribution in [0, 0.1) is 11.3 Å². The first-order chi connectivity index (χ1) is 16.8. The van der Waals surface area contributed by atoms with E-state index in [1.54, 1.807) is 21.7 Å². The van der Waals surface area contributed by atoms with Crippen molar-refractivity contribution in [2.45, 2.75) is 50.1 Å². The second-order valence-electron chi connectivity index (χ2n) is 9.89. The van der Waals surface area contributed by atoms with Gasteiger partial charge in [0.1, 0.15) is 0 Å². The number of alkyl halides is 6. The summed E-state index contributed by atoms with van der Waals surface area (Å²) in [4.78, 5) is 7.04. The van der Waals surface area contributed by atoms with Crippen molar-refractivity contribution in [2.24, 2.45) is 11.3 Å². The van der Waals surface area contributed by atoms with Crippen LogP contribution in [0.1, 0.15) is 36.1 Å². The molecule has 2 aromatic heterocycles. The highest BCUT2D eigenvalue weighted by atomic mass is 32.2. The second kappa shape index (κ2) is 7.60. The molecule has 0 radical (unpaired) electrons. The SMILES string of the molecule is O=S(=O)(N1Cc2cc(C(F)(F)F)ccc2N(Cc2cn3ccsc3n2)[C@@H](C23CC(C2)C3)C1)C(F)(F)F. The number of anilines is 1. The minimum absolute atomic E-state index is 0.118. The summed E-state index contributed by atoms with van der Waals surface area (Å²) >= 11 is 1.40. The first-order valence-electron chi connectivity index (χ1n) is 11.2.